The first-order valence-corrected chi connectivity index (χ1v) is 17.9. The van der Waals surface area contributed by atoms with Crippen molar-refractivity contribution in [3.8, 4) is 5.75 Å². The van der Waals surface area contributed by atoms with Gasteiger partial charge in [-0.05, 0) is 89.8 Å². The first kappa shape index (κ1) is 36.9. The van der Waals surface area contributed by atoms with Gasteiger partial charge in [-0.1, -0.05) is 13.0 Å². The highest BCUT2D eigenvalue weighted by molar-refractivity contribution is 7.91. The van der Waals surface area contributed by atoms with Gasteiger partial charge in [0.2, 0.25) is 5.91 Å². The van der Waals surface area contributed by atoms with Crippen molar-refractivity contribution in [2.75, 3.05) is 59.3 Å². The molecule has 13 heteroatoms. The molecule has 252 valence electrons. The number of thiophene rings is 1. The number of benzene rings is 1. The van der Waals surface area contributed by atoms with E-state index in [1.807, 2.05) is 32.8 Å². The van der Waals surface area contributed by atoms with Gasteiger partial charge in [-0.2, -0.15) is 4.31 Å². The molecule has 45 heavy (non-hydrogen) atoms. The van der Waals surface area contributed by atoms with Crippen LogP contribution >= 0.6 is 11.3 Å². The van der Waals surface area contributed by atoms with E-state index in [9.17, 15) is 23.1 Å². The number of aliphatic hydroxyl groups excluding tert-OH is 1. The summed E-state index contributed by atoms with van der Waals surface area (Å²) in [6, 6.07) is 7.83. The first-order valence-electron chi connectivity index (χ1n) is 15.6. The third kappa shape index (κ3) is 10.8. The van der Waals surface area contributed by atoms with E-state index in [1.54, 1.807) is 54.6 Å². The van der Waals surface area contributed by atoms with Gasteiger partial charge in [-0.3, -0.25) is 9.59 Å². The minimum atomic E-state index is -3.70. The molecule has 0 spiro atoms. The van der Waals surface area contributed by atoms with Gasteiger partial charge in [-0.25, -0.2) is 8.42 Å². The number of likely N-dealkylation sites (N-methyl/N-ethyl adjacent to an activating group) is 1. The van der Waals surface area contributed by atoms with E-state index in [4.69, 9.17) is 9.47 Å². The van der Waals surface area contributed by atoms with E-state index in [-0.39, 0.29) is 53.3 Å². The Bertz CT molecular complexity index is 1340. The average Bonchev–Trinajstić information content (AvgIpc) is 3.54. The lowest BCUT2D eigenvalue weighted by Gasteiger charge is -2.35. The minimum Gasteiger partial charge on any atom is -0.490 e. The van der Waals surface area contributed by atoms with E-state index in [0.717, 1.165) is 37.1 Å². The highest BCUT2D eigenvalue weighted by Gasteiger charge is 2.32. The van der Waals surface area contributed by atoms with Crippen LogP contribution in [0.3, 0.4) is 0 Å². The number of carbonyl (C=O) groups excluding carboxylic acids is 2. The number of carbonyl (C=O) groups is 2. The molecule has 1 aromatic carbocycles. The van der Waals surface area contributed by atoms with Crippen molar-refractivity contribution in [1.82, 2.24) is 14.1 Å². The summed E-state index contributed by atoms with van der Waals surface area (Å²) in [4.78, 5) is 30.5. The van der Waals surface area contributed by atoms with E-state index >= 15 is 0 Å². The fourth-order valence-corrected chi connectivity index (χ4v) is 7.54. The second kappa shape index (κ2) is 17.4. The van der Waals surface area contributed by atoms with Gasteiger partial charge in [0.15, 0.2) is 0 Å². The van der Waals surface area contributed by atoms with E-state index in [0.29, 0.717) is 30.9 Å². The average molecular weight is 667 g/mol. The van der Waals surface area contributed by atoms with Crippen molar-refractivity contribution in [3.63, 3.8) is 0 Å². The minimum absolute atomic E-state index is 0.108. The highest BCUT2D eigenvalue weighted by atomic mass is 32.2. The Hall–Kier alpha value is -2.55. The second-order valence-corrected chi connectivity index (χ2v) is 15.4. The predicted octanol–water partition coefficient (Wildman–Crippen LogP) is 4.14. The van der Waals surface area contributed by atoms with Crippen LogP contribution in [0.4, 0.5) is 5.69 Å². The van der Waals surface area contributed by atoms with Crippen LogP contribution < -0.4 is 10.1 Å². The van der Waals surface area contributed by atoms with Crippen LogP contribution in [-0.2, 0) is 19.6 Å². The molecule has 0 saturated heterocycles. The Morgan fingerprint density at radius 3 is 2.62 bits per heavy atom. The Balaban J connectivity index is 1.92. The molecule has 0 unspecified atom stereocenters. The Morgan fingerprint density at radius 1 is 1.20 bits per heavy atom. The second-order valence-electron chi connectivity index (χ2n) is 12.2. The summed E-state index contributed by atoms with van der Waals surface area (Å²) in [5.41, 5.74) is 0.771. The largest absolute Gasteiger partial charge is 0.490 e. The molecule has 0 saturated carbocycles. The van der Waals surface area contributed by atoms with Crippen molar-refractivity contribution >= 4 is 38.9 Å². The summed E-state index contributed by atoms with van der Waals surface area (Å²) in [7, 11) is 1.76. The quantitative estimate of drug-likeness (QED) is 0.366. The molecule has 1 aromatic heterocycles. The van der Waals surface area contributed by atoms with Crippen LogP contribution in [0.2, 0.25) is 0 Å². The SMILES string of the molecule is C[C@@H]1CCCCO[C@@H](CN(C)S(=O)(=O)c2cccs2)[C@@H](C)CN([C@@H](C)CO)C(=O)c2cc(NC(=O)CCCN(C)C)ccc2O1. The summed E-state index contributed by atoms with van der Waals surface area (Å²) in [5, 5.41) is 14.8. The van der Waals surface area contributed by atoms with Crippen molar-refractivity contribution in [2.24, 2.45) is 5.92 Å². The monoisotopic (exact) mass is 666 g/mol. The van der Waals surface area contributed by atoms with Crippen LogP contribution in [0.1, 0.15) is 63.2 Å². The number of amides is 2. The van der Waals surface area contributed by atoms with Crippen LogP contribution in [-0.4, -0.2) is 112 Å². The third-order valence-electron chi connectivity index (χ3n) is 7.94. The van der Waals surface area contributed by atoms with Gasteiger partial charge in [0.05, 0.1) is 30.4 Å². The zero-order chi connectivity index (χ0) is 33.1. The Labute approximate surface area is 272 Å². The van der Waals surface area contributed by atoms with Crippen molar-refractivity contribution < 1.29 is 32.6 Å². The van der Waals surface area contributed by atoms with E-state index in [1.165, 1.54) is 4.31 Å². The Morgan fingerprint density at radius 2 is 1.96 bits per heavy atom. The molecule has 2 N–H and O–H groups in total. The summed E-state index contributed by atoms with van der Waals surface area (Å²) in [5.74, 6) is -0.373. The first-order chi connectivity index (χ1) is 21.3. The molecule has 11 nitrogen and oxygen atoms in total. The molecular formula is C32H50N4O7S2. The molecule has 2 heterocycles. The number of nitrogens with zero attached hydrogens (tertiary/aromatic N) is 3. The van der Waals surface area contributed by atoms with Gasteiger partial charge >= 0.3 is 0 Å². The lowest BCUT2D eigenvalue weighted by Crippen LogP contribution is -2.48. The summed E-state index contributed by atoms with van der Waals surface area (Å²) >= 11 is 1.16. The predicted molar refractivity (Wildman–Crippen MR) is 177 cm³/mol. The number of aliphatic hydroxyl groups is 1. The number of hydrogen-bond donors (Lipinski definition) is 2. The summed E-state index contributed by atoms with van der Waals surface area (Å²) in [6.07, 6.45) is 2.67. The fourth-order valence-electron chi connectivity index (χ4n) is 5.16. The van der Waals surface area contributed by atoms with Crippen LogP contribution in [0.15, 0.2) is 39.9 Å². The molecule has 2 aromatic rings. The molecule has 4 atom stereocenters. The Kier molecular flexibility index (Phi) is 14.3. The van der Waals surface area contributed by atoms with E-state index < -0.39 is 22.2 Å². The maximum atomic E-state index is 14.3. The van der Waals surface area contributed by atoms with Gasteiger partial charge in [0.1, 0.15) is 9.96 Å². The normalized spacial score (nSPS) is 21.2. The standard InChI is InChI=1S/C32H50N4O7S2/c1-23-20-36(24(2)22-37)32(39)27-19-26(33-30(38)12-9-16-34(4)5)14-15-28(27)43-25(3)11-7-8-17-42-29(23)21-35(6)45(40,41)31-13-10-18-44-31/h10,13-15,18-19,23-25,29,37H,7-9,11-12,16-17,20-22H2,1-6H3,(H,33,38)/t23-,24-,25+,29-/m0/s1. The third-order valence-corrected chi connectivity index (χ3v) is 11.1. The summed E-state index contributed by atoms with van der Waals surface area (Å²) < 4.78 is 40.5. The maximum Gasteiger partial charge on any atom is 0.258 e. The van der Waals surface area contributed by atoms with Gasteiger partial charge in [0, 0.05) is 44.8 Å². The van der Waals surface area contributed by atoms with Crippen LogP contribution in [0, 0.1) is 5.92 Å². The maximum absolute atomic E-state index is 14.3. The summed E-state index contributed by atoms with van der Waals surface area (Å²) in [6.45, 7) is 6.90. The number of nitrogens with one attached hydrogen (secondary N) is 1. The molecule has 2 amide bonds. The lowest BCUT2D eigenvalue weighted by atomic mass is 10.0. The molecule has 0 aliphatic carbocycles. The van der Waals surface area contributed by atoms with Gasteiger partial charge in [0.25, 0.3) is 15.9 Å². The number of hydrogen-bond acceptors (Lipinski definition) is 9. The lowest BCUT2D eigenvalue weighted by molar-refractivity contribution is -0.116. The number of ether oxygens (including phenoxy) is 2. The van der Waals surface area contributed by atoms with Crippen LogP contribution in [0.5, 0.6) is 5.75 Å². The van der Waals surface area contributed by atoms with Crippen molar-refractivity contribution in [1.29, 1.82) is 0 Å². The van der Waals surface area contributed by atoms with Crippen LogP contribution in [0.25, 0.3) is 0 Å². The molecule has 0 radical (unpaired) electrons. The molecular weight excluding hydrogens is 617 g/mol. The van der Waals surface area contributed by atoms with Crippen molar-refractivity contribution in [2.45, 2.75) is 75.3 Å². The molecule has 1 aliphatic heterocycles. The smallest absolute Gasteiger partial charge is 0.258 e. The number of rotatable bonds is 11. The van der Waals surface area contributed by atoms with Crippen molar-refractivity contribution in [3.05, 3.63) is 41.3 Å². The van der Waals surface area contributed by atoms with Gasteiger partial charge in [-0.15, -0.1) is 11.3 Å². The molecule has 1 aliphatic rings. The highest BCUT2D eigenvalue weighted by Crippen LogP contribution is 2.29. The van der Waals surface area contributed by atoms with Gasteiger partial charge < -0.3 is 29.7 Å². The number of anilines is 1. The number of sulfonamides is 1. The number of fused-ring (bicyclic) bond motifs is 1. The van der Waals surface area contributed by atoms with E-state index in [2.05, 4.69) is 5.32 Å². The topological polar surface area (TPSA) is 129 Å². The zero-order valence-corrected chi connectivity index (χ0v) is 29.0. The zero-order valence-electron chi connectivity index (χ0n) is 27.4. The molecule has 3 rings (SSSR count). The molecule has 0 fully saturated rings. The fraction of sp³-hybridized carbons (Fsp3) is 0.625. The molecule has 0 bridgehead atoms.